The van der Waals surface area contributed by atoms with Gasteiger partial charge in [-0.15, -0.1) is 0 Å². The van der Waals surface area contributed by atoms with Crippen molar-refractivity contribution in [3.05, 3.63) is 237 Å². The normalized spacial score (nSPS) is 11.5. The third kappa shape index (κ3) is 6.12. The van der Waals surface area contributed by atoms with Gasteiger partial charge in [0.05, 0.1) is 5.69 Å². The summed E-state index contributed by atoms with van der Waals surface area (Å²) in [5.74, 6) is 0. The molecule has 0 N–H and O–H groups in total. The fourth-order valence-electron chi connectivity index (χ4n) is 9.40. The lowest BCUT2D eigenvalue weighted by Gasteiger charge is -2.28. The minimum Gasteiger partial charge on any atom is -0.455 e. The highest BCUT2D eigenvalue weighted by Gasteiger charge is 2.21. The van der Waals surface area contributed by atoms with Crippen LogP contribution >= 0.6 is 0 Å². The largest absolute Gasteiger partial charge is 0.455 e. The van der Waals surface area contributed by atoms with Crippen molar-refractivity contribution < 1.29 is 4.42 Å². The van der Waals surface area contributed by atoms with Crippen LogP contribution in [0.1, 0.15) is 0 Å². The fraction of sp³-hybridized carbons (Fsp3) is 0. The molecule has 2 heteroatoms. The Labute approximate surface area is 360 Å². The van der Waals surface area contributed by atoms with Gasteiger partial charge in [0.25, 0.3) is 0 Å². The lowest BCUT2D eigenvalue weighted by atomic mass is 9.96. The maximum absolute atomic E-state index is 6.92. The molecule has 290 valence electrons. The van der Waals surface area contributed by atoms with E-state index in [0.29, 0.717) is 0 Å². The molecule has 1 heterocycles. The van der Waals surface area contributed by atoms with Crippen LogP contribution in [0.25, 0.3) is 98.8 Å². The Bertz CT molecular complexity index is 3650. The monoisotopic (exact) mass is 789 g/mol. The molecule has 1 aromatic heterocycles. The predicted octanol–water partition coefficient (Wildman–Crippen LogP) is 17.2. The van der Waals surface area contributed by atoms with Crippen molar-refractivity contribution in [2.75, 3.05) is 4.90 Å². The Morgan fingerprint density at radius 2 is 0.806 bits per heavy atom. The lowest BCUT2D eigenvalue weighted by Crippen LogP contribution is -2.11. The smallest absolute Gasteiger partial charge is 0.143 e. The minimum absolute atomic E-state index is 0.886. The summed E-state index contributed by atoms with van der Waals surface area (Å²) in [5.41, 5.74) is 14.3. The van der Waals surface area contributed by atoms with Gasteiger partial charge in [-0.05, 0) is 109 Å². The Morgan fingerprint density at radius 3 is 1.68 bits per heavy atom. The highest BCUT2D eigenvalue weighted by molar-refractivity contribution is 6.17. The van der Waals surface area contributed by atoms with Crippen molar-refractivity contribution >= 4 is 71.3 Å². The molecule has 0 aliphatic rings. The molecule has 0 spiro atoms. The molecule has 11 aromatic carbocycles. The Hall–Kier alpha value is -8.20. The molecule has 0 saturated heterocycles. The standard InChI is InChI=1S/C60H39NO/c1-2-16-44-38-47(30-29-40(44)13-1)46-19-9-18-45(37-46)41-31-34-49(35-32-41)61(50-21-10-20-48(39-50)52-25-11-17-42-14-3-5-22-51(42)52)58-28-8-7-24-54(58)55-26-12-27-56-57-36-33-43-15-4-6-23-53(43)59(57)62-60(55)56/h1-39H. The predicted molar refractivity (Wildman–Crippen MR) is 263 cm³/mol. The molecule has 12 rings (SSSR count). The van der Waals surface area contributed by atoms with Crippen LogP contribution < -0.4 is 4.90 Å². The van der Waals surface area contributed by atoms with Gasteiger partial charge < -0.3 is 9.32 Å². The third-order valence-corrected chi connectivity index (χ3v) is 12.4. The molecule has 12 aromatic rings. The summed E-state index contributed by atoms with van der Waals surface area (Å²) in [4.78, 5) is 2.40. The van der Waals surface area contributed by atoms with E-state index < -0.39 is 0 Å². The number of hydrogen-bond donors (Lipinski definition) is 0. The SMILES string of the molecule is c1cc(-c2ccc(N(c3cccc(-c4cccc5ccccc45)c3)c3ccccc3-c3cccc4c3oc3c5ccccc5ccc43)cc2)cc(-c2ccc3ccccc3c2)c1. The number of para-hydroxylation sites is 2. The van der Waals surface area contributed by atoms with E-state index in [1.165, 1.54) is 49.2 Å². The third-order valence-electron chi connectivity index (χ3n) is 12.4. The van der Waals surface area contributed by atoms with Crippen LogP contribution in [-0.4, -0.2) is 0 Å². The zero-order valence-electron chi connectivity index (χ0n) is 33.9. The molecule has 0 radical (unpaired) electrons. The van der Waals surface area contributed by atoms with E-state index in [4.69, 9.17) is 4.42 Å². The number of furan rings is 1. The Morgan fingerprint density at radius 1 is 0.258 bits per heavy atom. The first kappa shape index (κ1) is 35.7. The van der Waals surface area contributed by atoms with E-state index in [0.717, 1.165) is 66.6 Å². The van der Waals surface area contributed by atoms with Crippen molar-refractivity contribution in [2.45, 2.75) is 0 Å². The highest BCUT2D eigenvalue weighted by atomic mass is 16.3. The second-order valence-corrected chi connectivity index (χ2v) is 16.1. The molecule has 0 amide bonds. The van der Waals surface area contributed by atoms with Crippen LogP contribution in [0.5, 0.6) is 0 Å². The Balaban J connectivity index is 1.01. The summed E-state index contributed by atoms with van der Waals surface area (Å²) in [6, 6.07) is 85.4. The summed E-state index contributed by atoms with van der Waals surface area (Å²) < 4.78 is 6.92. The summed E-state index contributed by atoms with van der Waals surface area (Å²) >= 11 is 0. The van der Waals surface area contributed by atoms with Gasteiger partial charge in [0, 0.05) is 38.7 Å². The van der Waals surface area contributed by atoms with Gasteiger partial charge in [0.1, 0.15) is 11.2 Å². The topological polar surface area (TPSA) is 16.4 Å². The molecular weight excluding hydrogens is 751 g/mol. The van der Waals surface area contributed by atoms with Gasteiger partial charge in [0.15, 0.2) is 0 Å². The second kappa shape index (κ2) is 14.8. The number of hydrogen-bond acceptors (Lipinski definition) is 2. The van der Waals surface area contributed by atoms with Crippen molar-refractivity contribution in [2.24, 2.45) is 0 Å². The average molecular weight is 790 g/mol. The number of benzene rings is 11. The molecule has 0 aliphatic heterocycles. The zero-order chi connectivity index (χ0) is 41.0. The lowest BCUT2D eigenvalue weighted by molar-refractivity contribution is 0.674. The number of anilines is 3. The van der Waals surface area contributed by atoms with E-state index in [-0.39, 0.29) is 0 Å². The number of nitrogens with zero attached hydrogens (tertiary/aromatic N) is 1. The van der Waals surface area contributed by atoms with Gasteiger partial charge in [0.2, 0.25) is 0 Å². The van der Waals surface area contributed by atoms with Crippen LogP contribution in [0.4, 0.5) is 17.1 Å². The summed E-state index contributed by atoms with van der Waals surface area (Å²) in [6.07, 6.45) is 0. The second-order valence-electron chi connectivity index (χ2n) is 16.1. The van der Waals surface area contributed by atoms with Crippen LogP contribution in [-0.2, 0) is 0 Å². The van der Waals surface area contributed by atoms with E-state index in [2.05, 4.69) is 241 Å². The maximum Gasteiger partial charge on any atom is 0.143 e. The molecule has 0 atom stereocenters. The highest BCUT2D eigenvalue weighted by Crippen LogP contribution is 2.46. The van der Waals surface area contributed by atoms with E-state index >= 15 is 0 Å². The van der Waals surface area contributed by atoms with Crippen LogP contribution in [0, 0.1) is 0 Å². The van der Waals surface area contributed by atoms with E-state index in [9.17, 15) is 0 Å². The molecule has 2 nitrogen and oxygen atoms in total. The number of fused-ring (bicyclic) bond motifs is 7. The first-order chi connectivity index (χ1) is 30.7. The summed E-state index contributed by atoms with van der Waals surface area (Å²) in [7, 11) is 0. The maximum atomic E-state index is 6.92. The zero-order valence-corrected chi connectivity index (χ0v) is 33.9. The van der Waals surface area contributed by atoms with E-state index in [1.807, 2.05) is 0 Å². The van der Waals surface area contributed by atoms with Crippen molar-refractivity contribution in [1.29, 1.82) is 0 Å². The number of rotatable bonds is 7. The quantitative estimate of drug-likeness (QED) is 0.160. The van der Waals surface area contributed by atoms with Crippen molar-refractivity contribution in [3.8, 4) is 44.5 Å². The van der Waals surface area contributed by atoms with Gasteiger partial charge in [-0.2, -0.15) is 0 Å². The Kier molecular flexibility index (Phi) is 8.53. The van der Waals surface area contributed by atoms with Crippen LogP contribution in [0.3, 0.4) is 0 Å². The van der Waals surface area contributed by atoms with Gasteiger partial charge >= 0.3 is 0 Å². The van der Waals surface area contributed by atoms with Crippen LogP contribution in [0.2, 0.25) is 0 Å². The molecule has 0 bridgehead atoms. The molecule has 0 saturated carbocycles. The summed E-state index contributed by atoms with van der Waals surface area (Å²) in [6.45, 7) is 0. The van der Waals surface area contributed by atoms with E-state index in [1.54, 1.807) is 0 Å². The van der Waals surface area contributed by atoms with Gasteiger partial charge in [-0.3, -0.25) is 0 Å². The molecule has 0 aliphatic carbocycles. The molecule has 62 heavy (non-hydrogen) atoms. The van der Waals surface area contributed by atoms with Crippen molar-refractivity contribution in [1.82, 2.24) is 0 Å². The summed E-state index contributed by atoms with van der Waals surface area (Å²) in [5, 5.41) is 9.48. The van der Waals surface area contributed by atoms with Gasteiger partial charge in [-0.1, -0.05) is 188 Å². The van der Waals surface area contributed by atoms with Crippen LogP contribution in [0.15, 0.2) is 241 Å². The van der Waals surface area contributed by atoms with Crippen molar-refractivity contribution in [3.63, 3.8) is 0 Å². The average Bonchev–Trinajstić information content (AvgIpc) is 3.74. The minimum atomic E-state index is 0.886. The van der Waals surface area contributed by atoms with Gasteiger partial charge in [-0.25, -0.2) is 0 Å². The molecular formula is C60H39NO. The fourth-order valence-corrected chi connectivity index (χ4v) is 9.40. The first-order valence-corrected chi connectivity index (χ1v) is 21.2. The first-order valence-electron chi connectivity index (χ1n) is 21.2. The molecule has 0 unspecified atom stereocenters. The molecule has 0 fully saturated rings.